The lowest BCUT2D eigenvalue weighted by atomic mass is 10.1. The zero-order chi connectivity index (χ0) is 14.2. The van der Waals surface area contributed by atoms with Crippen LogP contribution in [0.5, 0.6) is 0 Å². The van der Waals surface area contributed by atoms with Crippen LogP contribution in [0.2, 0.25) is 0 Å². The van der Waals surface area contributed by atoms with E-state index in [0.717, 1.165) is 23.0 Å². The van der Waals surface area contributed by atoms with Crippen molar-refractivity contribution in [3.8, 4) is 11.3 Å². The van der Waals surface area contributed by atoms with Crippen molar-refractivity contribution in [2.45, 2.75) is 18.8 Å². The minimum atomic E-state index is 0.552. The van der Waals surface area contributed by atoms with Crippen molar-refractivity contribution in [2.24, 2.45) is 0 Å². The first-order valence-electron chi connectivity index (χ1n) is 7.08. The second-order valence-electron chi connectivity index (χ2n) is 5.45. The first-order chi connectivity index (χ1) is 10.3. The van der Waals surface area contributed by atoms with Crippen LogP contribution < -0.4 is 0 Å². The summed E-state index contributed by atoms with van der Waals surface area (Å²) in [4.78, 5) is 4.88. The molecule has 0 fully saturated rings. The quantitative estimate of drug-likeness (QED) is 0.595. The number of rotatable bonds is 2. The first-order valence-corrected chi connectivity index (χ1v) is 8.75. The van der Waals surface area contributed by atoms with E-state index >= 15 is 0 Å². The third-order valence-electron chi connectivity index (χ3n) is 4.06. The maximum atomic E-state index is 4.88. The van der Waals surface area contributed by atoms with Gasteiger partial charge in [-0.05, 0) is 36.1 Å². The van der Waals surface area contributed by atoms with Gasteiger partial charge < -0.3 is 0 Å². The highest BCUT2D eigenvalue weighted by atomic mass is 79.9. The van der Waals surface area contributed by atoms with Gasteiger partial charge in [0.15, 0.2) is 0 Å². The van der Waals surface area contributed by atoms with Gasteiger partial charge in [0, 0.05) is 21.3 Å². The van der Waals surface area contributed by atoms with Crippen LogP contribution in [-0.2, 0) is 12.8 Å². The van der Waals surface area contributed by atoms with Crippen LogP contribution in [0.1, 0.15) is 22.1 Å². The molecule has 1 aliphatic carbocycles. The Bertz CT molecular complexity index is 751. The second-order valence-corrected chi connectivity index (χ2v) is 7.26. The van der Waals surface area contributed by atoms with Crippen molar-refractivity contribution in [3.05, 3.63) is 74.5 Å². The van der Waals surface area contributed by atoms with Crippen LogP contribution in [0, 0.1) is 0 Å². The predicted molar refractivity (Wildman–Crippen MR) is 91.8 cm³/mol. The van der Waals surface area contributed by atoms with Gasteiger partial charge in [0.25, 0.3) is 0 Å². The van der Waals surface area contributed by atoms with Gasteiger partial charge in [0.1, 0.15) is 0 Å². The van der Waals surface area contributed by atoms with Crippen LogP contribution in [0.3, 0.4) is 0 Å². The highest BCUT2D eigenvalue weighted by Gasteiger charge is 2.24. The van der Waals surface area contributed by atoms with Crippen LogP contribution in [-0.4, -0.2) is 4.98 Å². The Labute approximate surface area is 136 Å². The molecule has 1 heterocycles. The molecule has 4 rings (SSSR count). The topological polar surface area (TPSA) is 12.9 Å². The molecule has 1 nitrogen and oxygen atoms in total. The Morgan fingerprint density at radius 1 is 0.952 bits per heavy atom. The van der Waals surface area contributed by atoms with Gasteiger partial charge in [0.05, 0.1) is 10.7 Å². The summed E-state index contributed by atoms with van der Waals surface area (Å²) >= 11 is 5.27. The summed E-state index contributed by atoms with van der Waals surface area (Å²) in [6.45, 7) is 0. The Morgan fingerprint density at radius 2 is 1.62 bits per heavy atom. The van der Waals surface area contributed by atoms with Gasteiger partial charge in [-0.15, -0.1) is 11.3 Å². The number of nitrogens with zero attached hydrogens (tertiary/aromatic N) is 1. The zero-order valence-corrected chi connectivity index (χ0v) is 13.8. The van der Waals surface area contributed by atoms with E-state index in [0.29, 0.717) is 5.92 Å². The maximum Gasteiger partial charge on any atom is 0.0970 e. The molecule has 0 spiro atoms. The smallest absolute Gasteiger partial charge is 0.0970 e. The van der Waals surface area contributed by atoms with E-state index in [1.54, 1.807) is 11.3 Å². The molecular weight excluding hydrogens is 342 g/mol. The van der Waals surface area contributed by atoms with Crippen molar-refractivity contribution in [1.82, 2.24) is 4.98 Å². The van der Waals surface area contributed by atoms with Crippen LogP contribution in [0.4, 0.5) is 0 Å². The summed E-state index contributed by atoms with van der Waals surface area (Å²) in [6, 6.07) is 17.1. The highest BCUT2D eigenvalue weighted by molar-refractivity contribution is 9.10. The SMILES string of the molecule is Brc1ccc(-c2csc(C3Cc4ccccc4C3)n2)cc1. The van der Waals surface area contributed by atoms with Crippen molar-refractivity contribution in [1.29, 1.82) is 0 Å². The number of aromatic nitrogens is 1. The number of hydrogen-bond acceptors (Lipinski definition) is 2. The first kappa shape index (κ1) is 13.2. The van der Waals surface area contributed by atoms with E-state index in [-0.39, 0.29) is 0 Å². The number of fused-ring (bicyclic) bond motifs is 1. The van der Waals surface area contributed by atoms with Gasteiger partial charge in [0.2, 0.25) is 0 Å². The van der Waals surface area contributed by atoms with E-state index in [4.69, 9.17) is 4.98 Å². The third kappa shape index (κ3) is 2.56. The maximum absolute atomic E-state index is 4.88. The Balaban J connectivity index is 1.60. The third-order valence-corrected chi connectivity index (χ3v) is 5.60. The van der Waals surface area contributed by atoms with Crippen molar-refractivity contribution >= 4 is 27.3 Å². The largest absolute Gasteiger partial charge is 0.241 e. The average molecular weight is 356 g/mol. The Kier molecular flexibility index (Phi) is 3.40. The van der Waals surface area contributed by atoms with E-state index in [9.17, 15) is 0 Å². The summed E-state index contributed by atoms with van der Waals surface area (Å²) < 4.78 is 1.10. The lowest BCUT2D eigenvalue weighted by Crippen LogP contribution is -1.97. The van der Waals surface area contributed by atoms with Crippen molar-refractivity contribution in [2.75, 3.05) is 0 Å². The van der Waals surface area contributed by atoms with Crippen molar-refractivity contribution < 1.29 is 0 Å². The lowest BCUT2D eigenvalue weighted by molar-refractivity contribution is 0.735. The van der Waals surface area contributed by atoms with Gasteiger partial charge >= 0.3 is 0 Å². The highest BCUT2D eigenvalue weighted by Crippen LogP contribution is 2.36. The van der Waals surface area contributed by atoms with Crippen LogP contribution in [0.15, 0.2) is 58.4 Å². The number of benzene rings is 2. The lowest BCUT2D eigenvalue weighted by Gasteiger charge is -2.03. The van der Waals surface area contributed by atoms with Gasteiger partial charge in [-0.2, -0.15) is 0 Å². The molecule has 2 aromatic carbocycles. The monoisotopic (exact) mass is 355 g/mol. The fourth-order valence-electron chi connectivity index (χ4n) is 2.96. The van der Waals surface area contributed by atoms with E-state index in [1.807, 2.05) is 0 Å². The van der Waals surface area contributed by atoms with Crippen LogP contribution in [0.25, 0.3) is 11.3 Å². The summed E-state index contributed by atoms with van der Waals surface area (Å²) in [6.07, 6.45) is 2.26. The number of hydrogen-bond donors (Lipinski definition) is 0. The average Bonchev–Trinajstić information content (AvgIpc) is 3.14. The van der Waals surface area contributed by atoms with Crippen LogP contribution >= 0.6 is 27.3 Å². The van der Waals surface area contributed by atoms with Gasteiger partial charge in [-0.25, -0.2) is 4.98 Å². The number of thiazole rings is 1. The van der Waals surface area contributed by atoms with E-state index in [2.05, 4.69) is 69.8 Å². The van der Waals surface area contributed by atoms with Gasteiger partial charge in [-0.1, -0.05) is 52.3 Å². The Hall–Kier alpha value is -1.45. The summed E-state index contributed by atoms with van der Waals surface area (Å²) in [5, 5.41) is 3.45. The fourth-order valence-corrected chi connectivity index (χ4v) is 4.16. The summed E-state index contributed by atoms with van der Waals surface area (Å²) in [5.41, 5.74) is 5.26. The molecule has 3 heteroatoms. The molecule has 0 saturated heterocycles. The minimum absolute atomic E-state index is 0.552. The molecule has 0 atom stereocenters. The fraction of sp³-hybridized carbons (Fsp3) is 0.167. The second kappa shape index (κ2) is 5.39. The molecule has 3 aromatic rings. The normalized spacial score (nSPS) is 14.3. The zero-order valence-electron chi connectivity index (χ0n) is 11.4. The molecule has 0 radical (unpaired) electrons. The minimum Gasteiger partial charge on any atom is -0.241 e. The van der Waals surface area contributed by atoms with E-state index in [1.165, 1.54) is 21.7 Å². The molecule has 0 aliphatic heterocycles. The molecule has 104 valence electrons. The standard InChI is InChI=1S/C18H14BrNS/c19-16-7-5-12(6-8-16)17-11-21-18(20-17)15-9-13-3-1-2-4-14(13)10-15/h1-8,11,15H,9-10H2. The summed E-state index contributed by atoms with van der Waals surface area (Å²) in [7, 11) is 0. The summed E-state index contributed by atoms with van der Waals surface area (Å²) in [5.74, 6) is 0.552. The molecule has 0 unspecified atom stereocenters. The molecular formula is C18H14BrNS. The Morgan fingerprint density at radius 3 is 2.29 bits per heavy atom. The number of halogens is 1. The molecule has 1 aliphatic rings. The van der Waals surface area contributed by atoms with Crippen molar-refractivity contribution in [3.63, 3.8) is 0 Å². The molecule has 0 bridgehead atoms. The van der Waals surface area contributed by atoms with E-state index < -0.39 is 0 Å². The molecule has 0 amide bonds. The molecule has 21 heavy (non-hydrogen) atoms. The van der Waals surface area contributed by atoms with Gasteiger partial charge in [-0.3, -0.25) is 0 Å². The molecule has 1 aromatic heterocycles. The molecule has 0 saturated carbocycles. The molecule has 0 N–H and O–H groups in total. The predicted octanol–water partition coefficient (Wildman–Crippen LogP) is 5.46.